The van der Waals surface area contributed by atoms with Crippen LogP contribution in [0, 0.1) is 0 Å². The summed E-state index contributed by atoms with van der Waals surface area (Å²) in [4.78, 5) is 19.0. The Morgan fingerprint density at radius 2 is 2.05 bits per heavy atom. The Kier molecular flexibility index (Phi) is 4.04. The van der Waals surface area contributed by atoms with Gasteiger partial charge >= 0.3 is 0 Å². The molecule has 1 aliphatic heterocycles. The van der Waals surface area contributed by atoms with Crippen LogP contribution in [0.1, 0.15) is 36.7 Å². The second-order valence-electron chi connectivity index (χ2n) is 5.50. The highest BCUT2D eigenvalue weighted by atomic mass is 16.2. The number of pyridine rings is 1. The number of rotatable bonds is 4. The predicted molar refractivity (Wildman–Crippen MR) is 85.7 cm³/mol. The van der Waals surface area contributed by atoms with Gasteiger partial charge in [0.2, 0.25) is 0 Å². The Bertz CT molecular complexity index is 648. The van der Waals surface area contributed by atoms with E-state index in [4.69, 9.17) is 0 Å². The highest BCUT2D eigenvalue weighted by Crippen LogP contribution is 2.24. The quantitative estimate of drug-likeness (QED) is 0.936. The molecule has 0 radical (unpaired) electrons. The van der Waals surface area contributed by atoms with Gasteiger partial charge in [0.15, 0.2) is 0 Å². The highest BCUT2D eigenvalue weighted by molar-refractivity contribution is 6.00. The molecule has 1 aliphatic rings. The fraction of sp³-hybridized carbons (Fsp3) is 0.412. The van der Waals surface area contributed by atoms with Crippen molar-refractivity contribution in [1.29, 1.82) is 0 Å². The van der Waals surface area contributed by atoms with Gasteiger partial charge in [-0.25, -0.2) is 4.98 Å². The first kappa shape index (κ1) is 13.9. The van der Waals surface area contributed by atoms with E-state index < -0.39 is 0 Å². The first-order valence-corrected chi connectivity index (χ1v) is 7.72. The Labute approximate surface area is 125 Å². The van der Waals surface area contributed by atoms with E-state index >= 15 is 0 Å². The minimum atomic E-state index is 0.0535. The summed E-state index contributed by atoms with van der Waals surface area (Å²) in [5.41, 5.74) is 0.550. The Balaban J connectivity index is 2.00. The lowest BCUT2D eigenvalue weighted by atomic mass is 10.1. The van der Waals surface area contributed by atoms with Crippen molar-refractivity contribution in [2.24, 2.45) is 0 Å². The van der Waals surface area contributed by atoms with E-state index in [-0.39, 0.29) is 5.91 Å². The van der Waals surface area contributed by atoms with E-state index in [9.17, 15) is 4.79 Å². The van der Waals surface area contributed by atoms with Crippen molar-refractivity contribution in [1.82, 2.24) is 9.88 Å². The molecule has 3 rings (SSSR count). The number of anilines is 1. The lowest BCUT2D eigenvalue weighted by molar-refractivity contribution is 0.0787. The molecule has 1 amide bonds. The van der Waals surface area contributed by atoms with Crippen LogP contribution in [0.3, 0.4) is 0 Å². The number of likely N-dealkylation sites (tertiary alicyclic amines) is 1. The molecule has 0 aliphatic carbocycles. The molecule has 0 saturated carbocycles. The molecular formula is C17H21N3O. The van der Waals surface area contributed by atoms with Crippen LogP contribution in [0.15, 0.2) is 30.3 Å². The number of hydrogen-bond donors (Lipinski definition) is 1. The van der Waals surface area contributed by atoms with E-state index in [1.165, 1.54) is 0 Å². The summed E-state index contributed by atoms with van der Waals surface area (Å²) in [5.74, 6) is 0.871. The summed E-state index contributed by atoms with van der Waals surface area (Å²) in [6.45, 7) is 4.68. The summed E-state index contributed by atoms with van der Waals surface area (Å²) in [6, 6.07) is 9.99. The molecule has 0 bridgehead atoms. The third kappa shape index (κ3) is 2.84. The second-order valence-corrected chi connectivity index (χ2v) is 5.50. The number of carbonyl (C=O) groups excluding carboxylic acids is 1. The minimum Gasteiger partial charge on any atom is -0.370 e. The predicted octanol–water partition coefficient (Wildman–Crippen LogP) is 3.29. The Hall–Kier alpha value is -2.10. The van der Waals surface area contributed by atoms with E-state index in [0.717, 1.165) is 55.5 Å². The van der Waals surface area contributed by atoms with Crippen LogP contribution in [-0.4, -0.2) is 35.4 Å². The molecule has 110 valence electrons. The summed E-state index contributed by atoms with van der Waals surface area (Å²) >= 11 is 0. The molecule has 4 heteroatoms. The van der Waals surface area contributed by atoms with Crippen LogP contribution in [0.2, 0.25) is 0 Å². The van der Waals surface area contributed by atoms with Crippen LogP contribution >= 0.6 is 0 Å². The summed E-state index contributed by atoms with van der Waals surface area (Å²) in [6.07, 6.45) is 3.22. The van der Waals surface area contributed by atoms with Crippen LogP contribution in [0.4, 0.5) is 5.82 Å². The van der Waals surface area contributed by atoms with Crippen molar-refractivity contribution < 1.29 is 4.79 Å². The van der Waals surface area contributed by atoms with E-state index in [1.807, 2.05) is 35.2 Å². The topological polar surface area (TPSA) is 45.2 Å². The molecule has 1 N–H and O–H groups in total. The molecule has 1 aromatic heterocycles. The number of hydrogen-bond acceptors (Lipinski definition) is 3. The van der Waals surface area contributed by atoms with Crippen molar-refractivity contribution in [2.45, 2.75) is 26.2 Å². The highest BCUT2D eigenvalue weighted by Gasteiger charge is 2.21. The lowest BCUT2D eigenvalue weighted by Crippen LogP contribution is -2.28. The first-order chi connectivity index (χ1) is 10.3. The Morgan fingerprint density at radius 3 is 2.81 bits per heavy atom. The number of aromatic nitrogens is 1. The molecule has 2 heterocycles. The number of amides is 1. The molecule has 1 saturated heterocycles. The van der Waals surface area contributed by atoms with Gasteiger partial charge in [-0.1, -0.05) is 31.2 Å². The minimum absolute atomic E-state index is 0.0535. The standard InChI is InChI=1S/C17H21N3O/c1-2-9-18-16-14-8-4-3-7-13(14)12-15(19-16)17(21)20-10-5-6-11-20/h3-4,7-8,12H,2,5-6,9-11H2,1H3,(H,18,19). The zero-order valence-corrected chi connectivity index (χ0v) is 12.4. The zero-order valence-electron chi connectivity index (χ0n) is 12.4. The molecule has 4 nitrogen and oxygen atoms in total. The molecule has 21 heavy (non-hydrogen) atoms. The van der Waals surface area contributed by atoms with Gasteiger partial charge in [-0.3, -0.25) is 4.79 Å². The van der Waals surface area contributed by atoms with Gasteiger partial charge in [0.25, 0.3) is 5.91 Å². The van der Waals surface area contributed by atoms with Crippen molar-refractivity contribution in [2.75, 3.05) is 25.0 Å². The van der Waals surface area contributed by atoms with E-state index in [2.05, 4.69) is 17.2 Å². The molecular weight excluding hydrogens is 262 g/mol. The van der Waals surface area contributed by atoms with Gasteiger partial charge in [0, 0.05) is 25.0 Å². The van der Waals surface area contributed by atoms with Crippen LogP contribution < -0.4 is 5.32 Å². The van der Waals surface area contributed by atoms with Crippen molar-refractivity contribution in [3.63, 3.8) is 0 Å². The molecule has 2 aromatic rings. The third-order valence-corrected chi connectivity index (χ3v) is 3.90. The number of benzene rings is 1. The molecule has 0 atom stereocenters. The SMILES string of the molecule is CCCNc1nc(C(=O)N2CCCC2)cc2ccccc12. The normalized spacial score (nSPS) is 14.6. The Morgan fingerprint density at radius 1 is 1.29 bits per heavy atom. The monoisotopic (exact) mass is 283 g/mol. The smallest absolute Gasteiger partial charge is 0.272 e. The van der Waals surface area contributed by atoms with Crippen LogP contribution in [-0.2, 0) is 0 Å². The summed E-state index contributed by atoms with van der Waals surface area (Å²) in [5, 5.41) is 5.48. The molecule has 1 aromatic carbocycles. The number of nitrogens with zero attached hydrogens (tertiary/aromatic N) is 2. The van der Waals surface area contributed by atoms with Crippen molar-refractivity contribution >= 4 is 22.5 Å². The maximum atomic E-state index is 12.6. The molecule has 1 fully saturated rings. The zero-order chi connectivity index (χ0) is 14.7. The second kappa shape index (κ2) is 6.12. The maximum absolute atomic E-state index is 12.6. The van der Waals surface area contributed by atoms with E-state index in [0.29, 0.717) is 5.69 Å². The number of nitrogens with one attached hydrogen (secondary N) is 1. The van der Waals surface area contributed by atoms with Gasteiger partial charge in [-0.15, -0.1) is 0 Å². The first-order valence-electron chi connectivity index (χ1n) is 7.72. The number of carbonyl (C=O) groups is 1. The third-order valence-electron chi connectivity index (χ3n) is 3.90. The average molecular weight is 283 g/mol. The van der Waals surface area contributed by atoms with Crippen LogP contribution in [0.25, 0.3) is 10.8 Å². The lowest BCUT2D eigenvalue weighted by Gasteiger charge is -2.16. The van der Waals surface area contributed by atoms with Gasteiger partial charge in [0.05, 0.1) is 0 Å². The largest absolute Gasteiger partial charge is 0.370 e. The van der Waals surface area contributed by atoms with E-state index in [1.54, 1.807) is 0 Å². The molecule has 0 spiro atoms. The fourth-order valence-corrected chi connectivity index (χ4v) is 2.77. The fourth-order valence-electron chi connectivity index (χ4n) is 2.77. The van der Waals surface area contributed by atoms with Crippen molar-refractivity contribution in [3.05, 3.63) is 36.0 Å². The number of fused-ring (bicyclic) bond motifs is 1. The van der Waals surface area contributed by atoms with Gasteiger partial charge in [0.1, 0.15) is 11.5 Å². The van der Waals surface area contributed by atoms with Crippen LogP contribution in [0.5, 0.6) is 0 Å². The van der Waals surface area contributed by atoms with Gasteiger partial charge in [-0.05, 0) is 30.7 Å². The van der Waals surface area contributed by atoms with Crippen molar-refractivity contribution in [3.8, 4) is 0 Å². The summed E-state index contributed by atoms with van der Waals surface area (Å²) < 4.78 is 0. The molecule has 0 unspecified atom stereocenters. The van der Waals surface area contributed by atoms with Gasteiger partial charge in [-0.2, -0.15) is 0 Å². The van der Waals surface area contributed by atoms with Gasteiger partial charge < -0.3 is 10.2 Å². The summed E-state index contributed by atoms with van der Waals surface area (Å²) in [7, 11) is 0. The maximum Gasteiger partial charge on any atom is 0.272 e. The average Bonchev–Trinajstić information content (AvgIpc) is 3.06.